The third-order valence-corrected chi connectivity index (χ3v) is 4.77. The van der Waals surface area contributed by atoms with Crippen molar-refractivity contribution in [3.05, 3.63) is 35.9 Å². The van der Waals surface area contributed by atoms with E-state index in [4.69, 9.17) is 5.73 Å². The molecule has 24 heavy (non-hydrogen) atoms. The Bertz CT molecular complexity index is 678. The van der Waals surface area contributed by atoms with Crippen molar-refractivity contribution in [1.29, 1.82) is 0 Å². The Kier molecular flexibility index (Phi) is 6.17. The molecule has 0 spiro atoms. The molecule has 2 aromatic rings. The maximum atomic E-state index is 13.1. The molecule has 0 amide bonds. The Labute approximate surface area is 148 Å². The fourth-order valence-corrected chi connectivity index (χ4v) is 3.43. The van der Waals surface area contributed by atoms with Crippen molar-refractivity contribution >= 4 is 24.2 Å². The number of nitrogens with zero attached hydrogens (tertiary/aromatic N) is 3. The van der Waals surface area contributed by atoms with Crippen LogP contribution in [-0.4, -0.2) is 33.0 Å². The highest BCUT2D eigenvalue weighted by Gasteiger charge is 2.55. The van der Waals surface area contributed by atoms with Crippen LogP contribution in [0.5, 0.6) is 0 Å². The molecule has 1 aliphatic rings. The second-order valence-corrected chi connectivity index (χ2v) is 6.61. The Morgan fingerprint density at radius 3 is 2.50 bits per heavy atom. The SMILES string of the molecule is Cl.NCCc1nnc(SCCC2CC2(F)F)n1-c1ccc(F)cc1. The van der Waals surface area contributed by atoms with Crippen LogP contribution in [0.4, 0.5) is 13.2 Å². The Hall–Kier alpha value is -1.25. The fourth-order valence-electron chi connectivity index (χ4n) is 2.41. The number of benzene rings is 1. The van der Waals surface area contributed by atoms with Crippen molar-refractivity contribution < 1.29 is 13.2 Å². The van der Waals surface area contributed by atoms with Crippen LogP contribution in [-0.2, 0) is 6.42 Å². The van der Waals surface area contributed by atoms with Crippen LogP contribution in [0.25, 0.3) is 5.69 Å². The van der Waals surface area contributed by atoms with Crippen LogP contribution in [0.3, 0.4) is 0 Å². The summed E-state index contributed by atoms with van der Waals surface area (Å²) in [6.07, 6.45) is 0.961. The molecule has 1 heterocycles. The van der Waals surface area contributed by atoms with E-state index in [0.717, 1.165) is 5.69 Å². The highest BCUT2D eigenvalue weighted by Crippen LogP contribution is 2.51. The van der Waals surface area contributed by atoms with Gasteiger partial charge in [-0.2, -0.15) is 0 Å². The first-order valence-electron chi connectivity index (χ1n) is 7.42. The van der Waals surface area contributed by atoms with E-state index < -0.39 is 11.8 Å². The zero-order valence-electron chi connectivity index (χ0n) is 12.8. The first kappa shape index (κ1) is 19.1. The molecule has 0 bridgehead atoms. The van der Waals surface area contributed by atoms with Gasteiger partial charge in [0.05, 0.1) is 0 Å². The van der Waals surface area contributed by atoms with Gasteiger partial charge in [0.25, 0.3) is 5.92 Å². The molecule has 1 atom stereocenters. The summed E-state index contributed by atoms with van der Waals surface area (Å²) in [5, 5.41) is 8.86. The quantitative estimate of drug-likeness (QED) is 0.749. The minimum Gasteiger partial charge on any atom is -0.330 e. The summed E-state index contributed by atoms with van der Waals surface area (Å²) in [5.41, 5.74) is 6.32. The summed E-state index contributed by atoms with van der Waals surface area (Å²) in [4.78, 5) is 0. The smallest absolute Gasteiger partial charge is 0.251 e. The number of nitrogens with two attached hydrogens (primary N) is 1. The average molecular weight is 379 g/mol. The van der Waals surface area contributed by atoms with Crippen molar-refractivity contribution in [2.24, 2.45) is 11.7 Å². The van der Waals surface area contributed by atoms with E-state index >= 15 is 0 Å². The van der Waals surface area contributed by atoms with Gasteiger partial charge in [-0.3, -0.25) is 4.57 Å². The van der Waals surface area contributed by atoms with Gasteiger partial charge in [0.1, 0.15) is 11.6 Å². The number of rotatable bonds is 7. The maximum Gasteiger partial charge on any atom is 0.251 e. The molecule has 132 valence electrons. The molecular weight excluding hydrogens is 361 g/mol. The number of hydrogen-bond donors (Lipinski definition) is 1. The lowest BCUT2D eigenvalue weighted by atomic mass is 10.3. The molecule has 3 rings (SSSR count). The first-order chi connectivity index (χ1) is 11.0. The Morgan fingerprint density at radius 2 is 1.92 bits per heavy atom. The third-order valence-electron chi connectivity index (χ3n) is 3.81. The zero-order valence-corrected chi connectivity index (χ0v) is 14.4. The monoisotopic (exact) mass is 378 g/mol. The molecule has 1 saturated carbocycles. The zero-order chi connectivity index (χ0) is 16.4. The number of halogens is 4. The molecule has 2 N–H and O–H groups in total. The number of thioether (sulfide) groups is 1. The van der Waals surface area contributed by atoms with Gasteiger partial charge in [0.2, 0.25) is 0 Å². The summed E-state index contributed by atoms with van der Waals surface area (Å²) in [6, 6.07) is 6.00. The van der Waals surface area contributed by atoms with Gasteiger partial charge >= 0.3 is 0 Å². The van der Waals surface area contributed by atoms with E-state index in [9.17, 15) is 13.2 Å². The molecule has 1 fully saturated rings. The van der Waals surface area contributed by atoms with Crippen molar-refractivity contribution in [1.82, 2.24) is 14.8 Å². The molecule has 1 aromatic carbocycles. The lowest BCUT2D eigenvalue weighted by Gasteiger charge is -2.09. The van der Waals surface area contributed by atoms with Crippen LogP contribution in [0.15, 0.2) is 29.4 Å². The minimum absolute atomic E-state index is 0. The topological polar surface area (TPSA) is 56.7 Å². The van der Waals surface area contributed by atoms with Gasteiger partial charge in [-0.05, 0) is 37.2 Å². The van der Waals surface area contributed by atoms with Crippen molar-refractivity contribution in [3.63, 3.8) is 0 Å². The van der Waals surface area contributed by atoms with Gasteiger partial charge in [-0.25, -0.2) is 13.2 Å². The van der Waals surface area contributed by atoms with E-state index in [1.807, 2.05) is 4.57 Å². The summed E-state index contributed by atoms with van der Waals surface area (Å²) in [7, 11) is 0. The summed E-state index contributed by atoms with van der Waals surface area (Å²) in [6.45, 7) is 0.415. The van der Waals surface area contributed by atoms with E-state index in [1.165, 1.54) is 23.9 Å². The number of aromatic nitrogens is 3. The van der Waals surface area contributed by atoms with Crippen LogP contribution < -0.4 is 5.73 Å². The van der Waals surface area contributed by atoms with Gasteiger partial charge in [-0.15, -0.1) is 22.6 Å². The first-order valence-corrected chi connectivity index (χ1v) is 8.41. The van der Waals surface area contributed by atoms with E-state index in [2.05, 4.69) is 10.2 Å². The van der Waals surface area contributed by atoms with Crippen molar-refractivity contribution in [2.45, 2.75) is 30.3 Å². The van der Waals surface area contributed by atoms with Crippen molar-refractivity contribution in [2.75, 3.05) is 12.3 Å². The van der Waals surface area contributed by atoms with Crippen molar-refractivity contribution in [3.8, 4) is 5.69 Å². The van der Waals surface area contributed by atoms with Crippen LogP contribution in [0.2, 0.25) is 0 Å². The fraction of sp³-hybridized carbons (Fsp3) is 0.467. The highest BCUT2D eigenvalue weighted by atomic mass is 35.5. The largest absolute Gasteiger partial charge is 0.330 e. The second-order valence-electron chi connectivity index (χ2n) is 5.55. The standard InChI is InChI=1S/C15H17F3N4S.ClH/c16-11-1-3-12(4-2-11)22-13(5-7-19)20-21-14(22)23-8-6-10-9-15(10,17)18;/h1-4,10H,5-9,19H2;1H. The van der Waals surface area contributed by atoms with Gasteiger partial charge in [0.15, 0.2) is 5.16 Å². The lowest BCUT2D eigenvalue weighted by Crippen LogP contribution is -2.09. The van der Waals surface area contributed by atoms with Crippen LogP contribution in [0, 0.1) is 11.7 Å². The van der Waals surface area contributed by atoms with Gasteiger partial charge < -0.3 is 5.73 Å². The highest BCUT2D eigenvalue weighted by molar-refractivity contribution is 7.99. The van der Waals surface area contributed by atoms with Gasteiger partial charge in [0, 0.05) is 30.2 Å². The predicted molar refractivity (Wildman–Crippen MR) is 89.7 cm³/mol. The van der Waals surface area contributed by atoms with Crippen LogP contribution >= 0.6 is 24.2 Å². The normalized spacial score (nSPS) is 18.2. The maximum absolute atomic E-state index is 13.1. The second kappa shape index (κ2) is 7.76. The Morgan fingerprint density at radius 1 is 1.25 bits per heavy atom. The van der Waals surface area contributed by atoms with E-state index in [0.29, 0.717) is 36.1 Å². The predicted octanol–water partition coefficient (Wildman–Crippen LogP) is 3.47. The molecule has 4 nitrogen and oxygen atoms in total. The number of alkyl halides is 2. The molecule has 1 unspecified atom stereocenters. The molecule has 0 aliphatic heterocycles. The average Bonchev–Trinajstić information content (AvgIpc) is 2.93. The minimum atomic E-state index is -2.49. The van der Waals surface area contributed by atoms with Crippen LogP contribution in [0.1, 0.15) is 18.7 Å². The third kappa shape index (κ3) is 4.23. The Balaban J connectivity index is 0.00000208. The summed E-state index contributed by atoms with van der Waals surface area (Å²) >= 11 is 1.38. The number of hydrogen-bond acceptors (Lipinski definition) is 4. The summed E-state index contributed by atoms with van der Waals surface area (Å²) < 4.78 is 40.8. The molecular formula is C15H18ClF3N4S. The van der Waals surface area contributed by atoms with E-state index in [-0.39, 0.29) is 24.6 Å². The summed E-state index contributed by atoms with van der Waals surface area (Å²) in [5.74, 6) is -2.11. The van der Waals surface area contributed by atoms with Gasteiger partial charge in [-0.1, -0.05) is 11.8 Å². The lowest BCUT2D eigenvalue weighted by molar-refractivity contribution is 0.0983. The molecule has 1 aromatic heterocycles. The van der Waals surface area contributed by atoms with E-state index in [1.54, 1.807) is 12.1 Å². The molecule has 9 heteroatoms. The molecule has 1 aliphatic carbocycles. The molecule has 0 saturated heterocycles. The molecule has 0 radical (unpaired) electrons.